The number of H-pyrrole nitrogens is 1. The van der Waals surface area contributed by atoms with Crippen LogP contribution in [0.3, 0.4) is 0 Å². The lowest BCUT2D eigenvalue weighted by Crippen LogP contribution is -2.66. The van der Waals surface area contributed by atoms with Gasteiger partial charge in [-0.15, -0.1) is 35.3 Å². The number of hydrogen-bond donors (Lipinski definition) is 7. The first-order chi connectivity index (χ1) is 35.3. The van der Waals surface area contributed by atoms with Gasteiger partial charge in [-0.25, -0.2) is 0 Å². The van der Waals surface area contributed by atoms with Crippen molar-refractivity contribution >= 4 is 93.4 Å². The Balaban J connectivity index is 1.35. The summed E-state index contributed by atoms with van der Waals surface area (Å²) in [6.07, 6.45) is 0.912. The summed E-state index contributed by atoms with van der Waals surface area (Å²) in [5.41, 5.74) is 2.24. The van der Waals surface area contributed by atoms with Gasteiger partial charge in [-0.1, -0.05) is 82.6 Å². The molecule has 3 aromatic rings. The van der Waals surface area contributed by atoms with Crippen molar-refractivity contribution in [3.8, 4) is 0 Å². The van der Waals surface area contributed by atoms with E-state index in [-0.39, 0.29) is 42.4 Å². The summed E-state index contributed by atoms with van der Waals surface area (Å²) < 4.78 is 0. The summed E-state index contributed by atoms with van der Waals surface area (Å²) in [6, 6.07) is 6.82. The molecule has 75 heavy (non-hydrogen) atoms. The van der Waals surface area contributed by atoms with Crippen molar-refractivity contribution in [2.45, 2.75) is 171 Å². The van der Waals surface area contributed by atoms with Crippen molar-refractivity contribution in [2.24, 2.45) is 11.8 Å². The molecule has 8 amide bonds. The molecule has 21 heteroatoms. The van der Waals surface area contributed by atoms with E-state index in [1.54, 1.807) is 20.0 Å². The third-order valence-electron chi connectivity index (χ3n) is 14.9. The molecule has 2 aromatic carbocycles. The van der Waals surface area contributed by atoms with E-state index in [0.29, 0.717) is 17.5 Å². The summed E-state index contributed by atoms with van der Waals surface area (Å²) in [6.45, 7) is 19.6. The van der Waals surface area contributed by atoms with Crippen LogP contribution in [0.1, 0.15) is 100 Å². The molecule has 10 atom stereocenters. The third kappa shape index (κ3) is 12.5. The third-order valence-corrected chi connectivity index (χ3v) is 19.0. The smallest absolute Gasteiger partial charge is 0.249 e. The van der Waals surface area contributed by atoms with Gasteiger partial charge < -0.3 is 51.4 Å². The van der Waals surface area contributed by atoms with Crippen LogP contribution in [-0.4, -0.2) is 158 Å². The van der Waals surface area contributed by atoms with Crippen molar-refractivity contribution in [3.63, 3.8) is 0 Å². The highest BCUT2D eigenvalue weighted by molar-refractivity contribution is 8.01. The van der Waals surface area contributed by atoms with E-state index in [1.807, 2.05) is 110 Å². The Morgan fingerprint density at radius 2 is 1.01 bits per heavy atom. The molecular weight excluding hydrogens is 1010 g/mol. The molecule has 4 aliphatic rings. The highest BCUT2D eigenvalue weighted by Crippen LogP contribution is 2.43. The van der Waals surface area contributed by atoms with Gasteiger partial charge in [0.15, 0.2) is 0 Å². The number of nitrogens with zero attached hydrogens (tertiary/aromatic N) is 3. The molecular formula is C54H75N9O9S3. The topological polar surface area (TPSA) is 242 Å². The van der Waals surface area contributed by atoms with Crippen LogP contribution < -0.4 is 26.6 Å². The van der Waals surface area contributed by atoms with Gasteiger partial charge in [0.25, 0.3) is 0 Å². The lowest BCUT2D eigenvalue weighted by Gasteiger charge is -2.40. The molecule has 5 heterocycles. The lowest BCUT2D eigenvalue weighted by molar-refractivity contribution is -0.150. The Bertz CT molecular complexity index is 2640. The minimum Gasteiger partial charge on any atom is -0.391 e. The van der Waals surface area contributed by atoms with Gasteiger partial charge in [-0.05, 0) is 83.9 Å². The molecule has 4 saturated heterocycles. The Morgan fingerprint density at radius 1 is 0.560 bits per heavy atom. The average Bonchev–Trinajstić information content (AvgIpc) is 4.10. The van der Waals surface area contributed by atoms with E-state index >= 15 is 19.2 Å². The quantitative estimate of drug-likeness (QED) is 0.162. The number of carbonyl (C=O) groups excluding carboxylic acids is 8. The molecule has 7 rings (SSSR count). The second-order valence-electron chi connectivity index (χ2n) is 22.1. The summed E-state index contributed by atoms with van der Waals surface area (Å²) in [5.74, 6) is -5.28. The van der Waals surface area contributed by atoms with E-state index in [0.717, 1.165) is 10.9 Å². The first-order valence-electron chi connectivity index (χ1n) is 26.0. The predicted molar refractivity (Wildman–Crippen MR) is 294 cm³/mol. The molecule has 1 aromatic heterocycles. The summed E-state index contributed by atoms with van der Waals surface area (Å²) in [5, 5.41) is 26.7. The molecule has 4 aliphatic heterocycles. The van der Waals surface area contributed by atoms with Crippen molar-refractivity contribution in [3.05, 3.63) is 71.9 Å². The number of fused-ring (bicyclic) bond motifs is 4. The van der Waals surface area contributed by atoms with Crippen molar-refractivity contribution in [1.29, 1.82) is 0 Å². The van der Waals surface area contributed by atoms with E-state index in [4.69, 9.17) is 0 Å². The summed E-state index contributed by atoms with van der Waals surface area (Å²) in [7, 11) is 0. The number of hydrogen-bond acceptors (Lipinski definition) is 12. The maximum Gasteiger partial charge on any atom is 0.249 e. The lowest BCUT2D eigenvalue weighted by atomic mass is 9.95. The highest BCUT2D eigenvalue weighted by Gasteiger charge is 2.54. The number of para-hydroxylation sites is 1. The van der Waals surface area contributed by atoms with Crippen LogP contribution >= 0.6 is 35.3 Å². The largest absolute Gasteiger partial charge is 0.391 e. The molecule has 408 valence electrons. The number of aromatic nitrogens is 1. The number of aromatic amines is 1. The van der Waals surface area contributed by atoms with Gasteiger partial charge in [0, 0.05) is 47.2 Å². The fourth-order valence-corrected chi connectivity index (χ4v) is 14.2. The van der Waals surface area contributed by atoms with Crippen molar-refractivity contribution < 1.29 is 43.5 Å². The molecule has 4 fully saturated rings. The molecule has 0 bridgehead atoms. The van der Waals surface area contributed by atoms with Crippen LogP contribution in [-0.2, 0) is 51.2 Å². The number of amides is 8. The standard InChI is InChI=1S/C54H75N9O9S3/c1-12-30(4)42-50(71)62-40(27-74-53(62,8)9)47(68)57-37(24-33-25-55-35-21-17-16-20-34(33)35)44(65)58-38(23-32-18-14-13-15-19-32)49(70)61-39(26-73-52(61,6)7)46(67)56-36(22-29(2)3)45(66)60-43(31(5)64)51(72)63-41(48(69)59-42)28-75-54(63,10)11/h13-21,25,29-31,36-43,55,64H,12,22-24,26-28H2,1-11H3,(H,56,67)(H,57,68)(H,58,65)(H,59,69)(H,60,66)/t30-,31-,36+,37+,38+,39+,40+,41+,42+,43+/m1/s1. The van der Waals surface area contributed by atoms with Gasteiger partial charge >= 0.3 is 0 Å². The molecule has 7 N–H and O–H groups in total. The predicted octanol–water partition coefficient (Wildman–Crippen LogP) is 3.90. The number of benzene rings is 2. The molecule has 0 unspecified atom stereocenters. The number of aliphatic hydroxyl groups is 1. The normalized spacial score (nSPS) is 28.9. The van der Waals surface area contributed by atoms with Gasteiger partial charge in [0.2, 0.25) is 47.3 Å². The number of rotatable bonds is 9. The summed E-state index contributed by atoms with van der Waals surface area (Å²) in [4.78, 5) is 124. The number of aliphatic hydroxyl groups excluding tert-OH is 1. The van der Waals surface area contributed by atoms with Gasteiger partial charge in [0.1, 0.15) is 48.3 Å². The molecule has 0 aliphatic carbocycles. The first-order valence-corrected chi connectivity index (χ1v) is 28.9. The van der Waals surface area contributed by atoms with E-state index < -0.39 is 122 Å². The Morgan fingerprint density at radius 3 is 1.55 bits per heavy atom. The van der Waals surface area contributed by atoms with E-state index in [1.165, 1.54) is 56.9 Å². The minimum atomic E-state index is -1.56. The van der Waals surface area contributed by atoms with Gasteiger partial charge in [0.05, 0.1) is 20.7 Å². The van der Waals surface area contributed by atoms with Gasteiger partial charge in [-0.3, -0.25) is 38.4 Å². The van der Waals surface area contributed by atoms with E-state index in [9.17, 15) is 24.3 Å². The zero-order valence-electron chi connectivity index (χ0n) is 44.9. The van der Waals surface area contributed by atoms with Crippen LogP contribution in [0.4, 0.5) is 0 Å². The zero-order valence-corrected chi connectivity index (χ0v) is 47.3. The number of thioether (sulfide) groups is 3. The van der Waals surface area contributed by atoms with Crippen LogP contribution in [0.15, 0.2) is 60.8 Å². The van der Waals surface area contributed by atoms with Crippen molar-refractivity contribution in [1.82, 2.24) is 46.3 Å². The second-order valence-corrected chi connectivity index (χ2v) is 27.0. The Hall–Kier alpha value is -5.25. The van der Waals surface area contributed by atoms with Crippen LogP contribution in [0.5, 0.6) is 0 Å². The average molecular weight is 1090 g/mol. The Labute approximate surface area is 452 Å². The molecule has 18 nitrogen and oxygen atoms in total. The molecule has 0 saturated carbocycles. The zero-order chi connectivity index (χ0) is 54.9. The van der Waals surface area contributed by atoms with E-state index in [2.05, 4.69) is 31.6 Å². The second kappa shape index (κ2) is 23.2. The van der Waals surface area contributed by atoms with Gasteiger partial charge in [-0.2, -0.15) is 0 Å². The SMILES string of the molecule is CC[C@@H](C)[C@@H]1NC(=O)[C@@H]2CSC(C)(C)N2C(=O)[C@H]([C@@H](C)O)NC(=O)[C@H](CC(C)C)NC(=O)[C@@H]2CSC(C)(C)N2C(=O)[C@H](Cc2ccccc2)NC(=O)[C@H](Cc2c[nH]c3ccccc23)NC(=O)[C@@H]2CSC(C)(C)N2C1=O. The van der Waals surface area contributed by atoms with Crippen LogP contribution in [0.25, 0.3) is 10.9 Å². The molecule has 0 radical (unpaired) electrons. The maximum absolute atomic E-state index is 15.4. The Kier molecular flexibility index (Phi) is 17.7. The fraction of sp³-hybridized carbons (Fsp3) is 0.593. The first kappa shape index (κ1) is 57.5. The number of carbonyl (C=O) groups is 8. The highest BCUT2D eigenvalue weighted by atomic mass is 32.2. The maximum atomic E-state index is 15.4. The molecule has 0 spiro atoms. The summed E-state index contributed by atoms with van der Waals surface area (Å²) >= 11 is 4.07. The van der Waals surface area contributed by atoms with Crippen LogP contribution in [0, 0.1) is 11.8 Å². The van der Waals surface area contributed by atoms with Crippen LogP contribution in [0.2, 0.25) is 0 Å². The monoisotopic (exact) mass is 1090 g/mol. The number of nitrogens with one attached hydrogen (secondary N) is 6. The fourth-order valence-electron chi connectivity index (χ4n) is 10.6. The van der Waals surface area contributed by atoms with Crippen molar-refractivity contribution in [2.75, 3.05) is 17.3 Å². The minimum absolute atomic E-state index is 0.00708.